The number of hydrogen-bond donors (Lipinski definition) is 2. The van der Waals surface area contributed by atoms with E-state index in [0.29, 0.717) is 18.8 Å². The zero-order valence-electron chi connectivity index (χ0n) is 27.3. The highest BCUT2D eigenvalue weighted by molar-refractivity contribution is 5.95. The number of ether oxygens (including phenoxy) is 1. The summed E-state index contributed by atoms with van der Waals surface area (Å²) < 4.78 is 7.31. The van der Waals surface area contributed by atoms with Crippen LogP contribution in [0.2, 0.25) is 0 Å². The van der Waals surface area contributed by atoms with Gasteiger partial charge in [0.2, 0.25) is 0 Å². The maximum absolute atomic E-state index is 13.7. The Morgan fingerprint density at radius 2 is 1.70 bits per heavy atom. The molecule has 2 N–H and O–H groups in total. The van der Waals surface area contributed by atoms with Crippen LogP contribution >= 0.6 is 0 Å². The molecule has 1 aliphatic rings. The zero-order valence-corrected chi connectivity index (χ0v) is 27.3. The van der Waals surface area contributed by atoms with Crippen LogP contribution in [0.25, 0.3) is 22.2 Å². The van der Waals surface area contributed by atoms with E-state index >= 15 is 0 Å². The minimum atomic E-state index is -1.33. The van der Waals surface area contributed by atoms with Crippen molar-refractivity contribution in [3.63, 3.8) is 0 Å². The van der Waals surface area contributed by atoms with Crippen LogP contribution in [0.15, 0.2) is 66.7 Å². The summed E-state index contributed by atoms with van der Waals surface area (Å²) in [5.74, 6) is 1.35. The first-order chi connectivity index (χ1) is 22.5. The number of nitrogens with zero attached hydrogens (tertiary/aromatic N) is 3. The van der Waals surface area contributed by atoms with Crippen molar-refractivity contribution < 1.29 is 19.4 Å². The molecule has 0 radical (unpaired) electrons. The average Bonchev–Trinajstić information content (AvgIpc) is 3.41. The van der Waals surface area contributed by atoms with Crippen molar-refractivity contribution in [1.82, 2.24) is 14.9 Å². The van der Waals surface area contributed by atoms with Crippen LogP contribution in [0.5, 0.6) is 5.75 Å². The third-order valence-electron chi connectivity index (χ3n) is 9.00. The molecule has 0 unspecified atom stereocenters. The van der Waals surface area contributed by atoms with Crippen LogP contribution < -0.4 is 15.0 Å². The van der Waals surface area contributed by atoms with Crippen molar-refractivity contribution >= 4 is 28.9 Å². The van der Waals surface area contributed by atoms with Gasteiger partial charge in [0.05, 0.1) is 11.0 Å². The fourth-order valence-electron chi connectivity index (χ4n) is 6.54. The molecule has 0 spiro atoms. The first kappa shape index (κ1) is 33.0. The number of aryl methyl sites for hydroxylation is 1. The summed E-state index contributed by atoms with van der Waals surface area (Å²) in [4.78, 5) is 32.0. The van der Waals surface area contributed by atoms with Gasteiger partial charge in [0.1, 0.15) is 11.6 Å². The number of anilines is 1. The van der Waals surface area contributed by atoms with Crippen LogP contribution in [0.3, 0.4) is 0 Å². The Morgan fingerprint density at radius 3 is 2.43 bits per heavy atom. The third-order valence-corrected chi connectivity index (χ3v) is 9.00. The Bertz CT molecular complexity index is 1590. The van der Waals surface area contributed by atoms with Gasteiger partial charge in [0.25, 0.3) is 0 Å². The van der Waals surface area contributed by atoms with E-state index in [1.165, 1.54) is 19.3 Å². The molecule has 5 rings (SSSR count). The highest BCUT2D eigenvalue weighted by Crippen LogP contribution is 2.33. The summed E-state index contributed by atoms with van der Waals surface area (Å²) >= 11 is 0. The average molecular weight is 625 g/mol. The van der Waals surface area contributed by atoms with E-state index in [1.54, 1.807) is 12.1 Å². The Balaban J connectivity index is 1.45. The third kappa shape index (κ3) is 8.27. The molecule has 3 aromatic carbocycles. The number of urea groups is 1. The highest BCUT2D eigenvalue weighted by Gasteiger charge is 2.27. The molecule has 1 aromatic heterocycles. The number of rotatable bonds is 14. The SMILES string of the molecule is CCCCCCNC(=O)N(c1ccc2nc(CCCC)n(Cc3ccc(-c4ccccc4OC(=O)O)cc3)c2c1)C1CCCCC1. The molecular weight excluding hydrogens is 576 g/mol. The molecule has 0 atom stereocenters. The number of nitrogens with one attached hydrogen (secondary N) is 1. The second kappa shape index (κ2) is 16.3. The number of carbonyl (C=O) groups excluding carboxylic acids is 1. The summed E-state index contributed by atoms with van der Waals surface area (Å²) in [5.41, 5.74) is 5.62. The van der Waals surface area contributed by atoms with Gasteiger partial charge in [-0.15, -0.1) is 0 Å². The number of benzene rings is 3. The zero-order chi connectivity index (χ0) is 32.3. The smallest absolute Gasteiger partial charge is 0.449 e. The molecule has 4 aromatic rings. The Hall–Kier alpha value is -4.33. The van der Waals surface area contributed by atoms with Crippen LogP contribution in [-0.2, 0) is 13.0 Å². The topological polar surface area (TPSA) is 96.7 Å². The predicted molar refractivity (Wildman–Crippen MR) is 185 cm³/mol. The number of para-hydroxylation sites is 1. The predicted octanol–water partition coefficient (Wildman–Crippen LogP) is 9.58. The molecule has 0 aliphatic heterocycles. The van der Waals surface area contributed by atoms with E-state index in [1.807, 2.05) is 29.2 Å². The Kier molecular flexibility index (Phi) is 11.7. The number of unbranched alkanes of at least 4 members (excludes halogenated alkanes) is 4. The first-order valence-electron chi connectivity index (χ1n) is 17.1. The summed E-state index contributed by atoms with van der Waals surface area (Å²) in [7, 11) is 0. The summed E-state index contributed by atoms with van der Waals surface area (Å²) in [5, 5.41) is 12.4. The van der Waals surface area contributed by atoms with Crippen molar-refractivity contribution in [2.24, 2.45) is 0 Å². The van der Waals surface area contributed by atoms with Gasteiger partial charge in [0.15, 0.2) is 0 Å². The van der Waals surface area contributed by atoms with Gasteiger partial charge >= 0.3 is 12.2 Å². The van der Waals surface area contributed by atoms with Crippen molar-refractivity contribution in [2.75, 3.05) is 11.4 Å². The van der Waals surface area contributed by atoms with Gasteiger partial charge in [-0.2, -0.15) is 0 Å². The Morgan fingerprint density at radius 1 is 0.935 bits per heavy atom. The van der Waals surface area contributed by atoms with E-state index in [9.17, 15) is 9.59 Å². The number of imidazole rings is 1. The van der Waals surface area contributed by atoms with E-state index in [4.69, 9.17) is 14.8 Å². The van der Waals surface area contributed by atoms with E-state index in [0.717, 1.165) is 97.0 Å². The molecule has 8 nitrogen and oxygen atoms in total. The first-order valence-corrected chi connectivity index (χ1v) is 17.1. The number of carbonyl (C=O) groups is 2. The second-order valence-electron chi connectivity index (χ2n) is 12.4. The number of carboxylic acid groups (broad SMARTS) is 1. The monoisotopic (exact) mass is 624 g/mol. The van der Waals surface area contributed by atoms with Crippen LogP contribution in [0, 0.1) is 0 Å². The van der Waals surface area contributed by atoms with Crippen molar-refractivity contribution in [1.29, 1.82) is 0 Å². The normalized spacial score (nSPS) is 13.5. The molecule has 1 fully saturated rings. The van der Waals surface area contributed by atoms with Crippen molar-refractivity contribution in [3.05, 3.63) is 78.1 Å². The van der Waals surface area contributed by atoms with Gasteiger partial charge in [-0.1, -0.05) is 101 Å². The fourth-order valence-corrected chi connectivity index (χ4v) is 6.54. The molecule has 1 saturated carbocycles. The maximum Gasteiger partial charge on any atom is 0.511 e. The van der Waals surface area contributed by atoms with Gasteiger partial charge < -0.3 is 19.7 Å². The maximum atomic E-state index is 13.7. The summed E-state index contributed by atoms with van der Waals surface area (Å²) in [6.45, 7) is 5.73. The quantitative estimate of drug-likeness (QED) is 0.0827. The molecule has 0 bridgehead atoms. The molecule has 1 heterocycles. The van der Waals surface area contributed by atoms with E-state index in [2.05, 4.69) is 54.1 Å². The minimum absolute atomic E-state index is 0.00256. The molecular formula is C38H48N4O4. The summed E-state index contributed by atoms with van der Waals surface area (Å²) in [6, 6.07) is 21.8. The lowest BCUT2D eigenvalue weighted by Crippen LogP contribution is -2.47. The minimum Gasteiger partial charge on any atom is -0.449 e. The van der Waals surface area contributed by atoms with Gasteiger partial charge in [-0.25, -0.2) is 14.6 Å². The lowest BCUT2D eigenvalue weighted by atomic mass is 9.94. The molecule has 1 aliphatic carbocycles. The molecule has 46 heavy (non-hydrogen) atoms. The number of fused-ring (bicyclic) bond motifs is 1. The number of amides is 2. The Labute approximate surface area is 272 Å². The largest absolute Gasteiger partial charge is 0.511 e. The standard InChI is InChI=1S/C38H48N4O4/c1-3-5-7-13-25-39-37(43)42(30-14-9-8-10-15-30)31-23-24-33-34(26-31)41(36(40-33)18-6-4-2)27-28-19-21-29(22-20-28)32-16-11-12-17-35(32)46-38(44)45/h11-12,16-17,19-24,26,30H,3-10,13-15,18,25,27H2,1-2H3,(H,39,43)(H,44,45). The number of aromatic nitrogens is 2. The summed E-state index contributed by atoms with van der Waals surface area (Å²) in [6.07, 6.45) is 11.7. The number of hydrogen-bond acceptors (Lipinski definition) is 4. The van der Waals surface area contributed by atoms with E-state index < -0.39 is 6.16 Å². The molecule has 2 amide bonds. The highest BCUT2D eigenvalue weighted by atomic mass is 16.7. The van der Waals surface area contributed by atoms with E-state index in [-0.39, 0.29) is 12.1 Å². The molecule has 8 heteroatoms. The van der Waals surface area contributed by atoms with Gasteiger partial charge in [-0.3, -0.25) is 4.90 Å². The molecule has 0 saturated heterocycles. The second-order valence-corrected chi connectivity index (χ2v) is 12.4. The van der Waals surface area contributed by atoms with Crippen LogP contribution in [0.1, 0.15) is 95.9 Å². The van der Waals surface area contributed by atoms with Crippen LogP contribution in [-0.4, -0.2) is 39.4 Å². The van der Waals surface area contributed by atoms with Crippen molar-refractivity contribution in [2.45, 2.75) is 103 Å². The van der Waals surface area contributed by atoms with Crippen LogP contribution in [0.4, 0.5) is 15.3 Å². The lowest BCUT2D eigenvalue weighted by Gasteiger charge is -2.34. The lowest BCUT2D eigenvalue weighted by molar-refractivity contribution is 0.144. The van der Waals surface area contributed by atoms with Gasteiger partial charge in [0, 0.05) is 36.8 Å². The van der Waals surface area contributed by atoms with Gasteiger partial charge in [-0.05, 0) is 61.1 Å². The molecule has 244 valence electrons. The van der Waals surface area contributed by atoms with Crippen molar-refractivity contribution in [3.8, 4) is 16.9 Å². The fraction of sp³-hybridized carbons (Fsp3) is 0.447.